The van der Waals surface area contributed by atoms with Gasteiger partial charge in [0.05, 0.1) is 0 Å². The molecular weight excluding hydrogens is 288 g/mol. The van der Waals surface area contributed by atoms with Gasteiger partial charge in [-0.05, 0) is 0 Å². The average molecular weight is 306 g/mol. The fourth-order valence-electron chi connectivity index (χ4n) is 1.90. The summed E-state index contributed by atoms with van der Waals surface area (Å²) in [4.78, 5) is 32.8. The molecule has 0 aromatic rings. The van der Waals surface area contributed by atoms with E-state index in [4.69, 9.17) is 18.9 Å². The molecule has 120 valence electrons. The second-order valence-electron chi connectivity index (χ2n) is 4.51. The Balaban J connectivity index is 2.86. The van der Waals surface area contributed by atoms with Gasteiger partial charge in [0, 0.05) is 20.8 Å². The summed E-state index contributed by atoms with van der Waals surface area (Å²) in [5.41, 5.74) is 0. The van der Waals surface area contributed by atoms with Gasteiger partial charge in [0.1, 0.15) is 18.8 Å². The van der Waals surface area contributed by atoms with Gasteiger partial charge in [-0.15, -0.1) is 0 Å². The third kappa shape index (κ3) is 4.96. The van der Waals surface area contributed by atoms with Crippen molar-refractivity contribution in [1.29, 1.82) is 0 Å². The number of rotatable bonds is 4. The highest BCUT2D eigenvalue weighted by Gasteiger charge is 2.48. The average Bonchev–Trinajstić information content (AvgIpc) is 2.35. The van der Waals surface area contributed by atoms with E-state index in [2.05, 4.69) is 0 Å². The molecule has 21 heavy (non-hydrogen) atoms. The van der Waals surface area contributed by atoms with Crippen molar-refractivity contribution in [3.8, 4) is 0 Å². The maximum atomic E-state index is 11.1. The predicted octanol–water partition coefficient (Wildman–Crippen LogP) is -1.51. The molecule has 0 spiro atoms. The van der Waals surface area contributed by atoms with Crippen molar-refractivity contribution in [2.75, 3.05) is 6.61 Å². The summed E-state index contributed by atoms with van der Waals surface area (Å²) in [5, 5.41) is 19.8. The van der Waals surface area contributed by atoms with Gasteiger partial charge in [-0.25, -0.2) is 0 Å². The van der Waals surface area contributed by atoms with E-state index in [9.17, 15) is 24.6 Å². The predicted molar refractivity (Wildman–Crippen MR) is 64.6 cm³/mol. The van der Waals surface area contributed by atoms with Gasteiger partial charge in [-0.1, -0.05) is 0 Å². The first-order valence-electron chi connectivity index (χ1n) is 6.21. The van der Waals surface area contributed by atoms with Crippen molar-refractivity contribution >= 4 is 17.9 Å². The maximum absolute atomic E-state index is 11.1. The van der Waals surface area contributed by atoms with Crippen LogP contribution in [-0.2, 0) is 33.3 Å². The molecular formula is C12H18O9. The molecule has 5 atom stereocenters. The molecule has 0 aromatic heterocycles. The molecule has 1 saturated heterocycles. The van der Waals surface area contributed by atoms with Crippen LogP contribution in [0.4, 0.5) is 0 Å². The normalized spacial score (nSPS) is 32.1. The molecule has 0 radical (unpaired) electrons. The van der Waals surface area contributed by atoms with E-state index >= 15 is 0 Å². The third-order valence-electron chi connectivity index (χ3n) is 2.69. The number of aliphatic hydroxyl groups excluding tert-OH is 2. The zero-order valence-electron chi connectivity index (χ0n) is 11.8. The topological polar surface area (TPSA) is 129 Å². The monoisotopic (exact) mass is 306 g/mol. The van der Waals surface area contributed by atoms with E-state index in [-0.39, 0.29) is 6.61 Å². The second-order valence-corrected chi connectivity index (χ2v) is 4.51. The molecule has 1 fully saturated rings. The van der Waals surface area contributed by atoms with E-state index < -0.39 is 48.6 Å². The Morgan fingerprint density at radius 1 is 0.952 bits per heavy atom. The first-order valence-corrected chi connectivity index (χ1v) is 6.21. The Morgan fingerprint density at radius 3 is 1.95 bits per heavy atom. The minimum absolute atomic E-state index is 0.339. The fraction of sp³-hybridized carbons (Fsp3) is 0.750. The molecule has 0 saturated carbocycles. The standard InChI is InChI=1S/C12H18O9/c1-5(13)18-4-8-10(19-6(2)14)9(16)11(12(17)21-8)20-7(3)15/h8-12,16-17H,4H2,1-3H3. The maximum Gasteiger partial charge on any atom is 0.303 e. The molecule has 5 unspecified atom stereocenters. The van der Waals surface area contributed by atoms with Gasteiger partial charge in [0.2, 0.25) is 0 Å². The summed E-state index contributed by atoms with van der Waals surface area (Å²) in [6, 6.07) is 0. The molecule has 0 aliphatic carbocycles. The number of carbonyl (C=O) groups excluding carboxylic acids is 3. The Morgan fingerprint density at radius 2 is 1.48 bits per heavy atom. The fourth-order valence-corrected chi connectivity index (χ4v) is 1.90. The van der Waals surface area contributed by atoms with Gasteiger partial charge >= 0.3 is 17.9 Å². The largest absolute Gasteiger partial charge is 0.463 e. The number of aliphatic hydroxyl groups is 2. The Labute approximate surface area is 120 Å². The first-order chi connectivity index (χ1) is 9.72. The second kappa shape index (κ2) is 7.34. The van der Waals surface area contributed by atoms with Crippen LogP contribution in [0.25, 0.3) is 0 Å². The molecule has 1 heterocycles. The van der Waals surface area contributed by atoms with Gasteiger partial charge in [-0.3, -0.25) is 14.4 Å². The van der Waals surface area contributed by atoms with Crippen molar-refractivity contribution in [2.45, 2.75) is 51.5 Å². The molecule has 1 rings (SSSR count). The van der Waals surface area contributed by atoms with Gasteiger partial charge in [-0.2, -0.15) is 0 Å². The lowest BCUT2D eigenvalue weighted by molar-refractivity contribution is -0.293. The van der Waals surface area contributed by atoms with Crippen molar-refractivity contribution < 1.29 is 43.5 Å². The van der Waals surface area contributed by atoms with Crippen LogP contribution in [0, 0.1) is 0 Å². The van der Waals surface area contributed by atoms with Crippen LogP contribution in [0.3, 0.4) is 0 Å². The Kier molecular flexibility index (Phi) is 6.06. The lowest BCUT2D eigenvalue weighted by Crippen LogP contribution is -2.61. The molecule has 1 aliphatic rings. The summed E-state index contributed by atoms with van der Waals surface area (Å²) >= 11 is 0. The van der Waals surface area contributed by atoms with E-state index in [1.54, 1.807) is 0 Å². The minimum Gasteiger partial charge on any atom is -0.463 e. The Hall–Kier alpha value is -1.71. The van der Waals surface area contributed by atoms with Crippen LogP contribution in [0.15, 0.2) is 0 Å². The quantitative estimate of drug-likeness (QED) is 0.470. The van der Waals surface area contributed by atoms with Crippen LogP contribution in [-0.4, -0.2) is 65.4 Å². The smallest absolute Gasteiger partial charge is 0.303 e. The summed E-state index contributed by atoms with van der Waals surface area (Å²) in [6.07, 6.45) is -6.93. The molecule has 0 amide bonds. The van der Waals surface area contributed by atoms with Crippen molar-refractivity contribution in [1.82, 2.24) is 0 Å². The van der Waals surface area contributed by atoms with Crippen LogP contribution < -0.4 is 0 Å². The minimum atomic E-state index is -1.64. The lowest BCUT2D eigenvalue weighted by Gasteiger charge is -2.41. The van der Waals surface area contributed by atoms with E-state index in [1.807, 2.05) is 0 Å². The van der Waals surface area contributed by atoms with Crippen molar-refractivity contribution in [2.24, 2.45) is 0 Å². The van der Waals surface area contributed by atoms with Crippen molar-refractivity contribution in [3.05, 3.63) is 0 Å². The summed E-state index contributed by atoms with van der Waals surface area (Å²) in [7, 11) is 0. The molecule has 2 N–H and O–H groups in total. The molecule has 0 aromatic carbocycles. The number of hydrogen-bond donors (Lipinski definition) is 2. The van der Waals surface area contributed by atoms with Gasteiger partial charge in [0.25, 0.3) is 0 Å². The molecule has 0 bridgehead atoms. The highest BCUT2D eigenvalue weighted by molar-refractivity contribution is 5.67. The Bertz CT molecular complexity index is 406. The first kappa shape index (κ1) is 17.3. The highest BCUT2D eigenvalue weighted by atomic mass is 16.7. The lowest BCUT2D eigenvalue weighted by atomic mass is 9.99. The van der Waals surface area contributed by atoms with Crippen LogP contribution in [0.5, 0.6) is 0 Å². The van der Waals surface area contributed by atoms with Gasteiger partial charge < -0.3 is 29.2 Å². The SMILES string of the molecule is CC(=O)OCC1OC(O)C(OC(C)=O)C(O)C1OC(C)=O. The molecule has 9 heteroatoms. The zero-order valence-corrected chi connectivity index (χ0v) is 11.8. The number of hydrogen-bond acceptors (Lipinski definition) is 9. The number of ether oxygens (including phenoxy) is 4. The van der Waals surface area contributed by atoms with Crippen LogP contribution in [0.1, 0.15) is 20.8 Å². The highest BCUT2D eigenvalue weighted by Crippen LogP contribution is 2.25. The number of carbonyl (C=O) groups is 3. The zero-order chi connectivity index (χ0) is 16.2. The van der Waals surface area contributed by atoms with E-state index in [0.29, 0.717) is 0 Å². The summed E-state index contributed by atoms with van der Waals surface area (Å²) < 4.78 is 19.5. The van der Waals surface area contributed by atoms with Crippen LogP contribution >= 0.6 is 0 Å². The van der Waals surface area contributed by atoms with E-state index in [0.717, 1.165) is 20.8 Å². The third-order valence-corrected chi connectivity index (χ3v) is 2.69. The molecule has 1 aliphatic heterocycles. The summed E-state index contributed by atoms with van der Waals surface area (Å²) in [5.74, 6) is -2.07. The van der Waals surface area contributed by atoms with Gasteiger partial charge in [0.15, 0.2) is 18.5 Å². The molecule has 9 nitrogen and oxygen atoms in total. The summed E-state index contributed by atoms with van der Waals surface area (Å²) in [6.45, 7) is 3.03. The van der Waals surface area contributed by atoms with Crippen LogP contribution in [0.2, 0.25) is 0 Å². The van der Waals surface area contributed by atoms with Crippen molar-refractivity contribution in [3.63, 3.8) is 0 Å². The number of esters is 3. The van der Waals surface area contributed by atoms with E-state index in [1.165, 1.54) is 0 Å².